The van der Waals surface area contributed by atoms with E-state index >= 15 is 0 Å². The summed E-state index contributed by atoms with van der Waals surface area (Å²) in [6, 6.07) is 0. The van der Waals surface area contributed by atoms with Gasteiger partial charge in [-0.2, -0.15) is 0 Å². The minimum Gasteiger partial charge on any atom is -0.454 e. The Bertz CT molecular complexity index is 349. The minimum absolute atomic E-state index is 0. The number of esters is 1. The van der Waals surface area contributed by atoms with Gasteiger partial charge >= 0.3 is 5.97 Å². The maximum absolute atomic E-state index is 11.9. The summed E-state index contributed by atoms with van der Waals surface area (Å²) in [5, 5.41) is 0. The molecule has 152 valence electrons. The van der Waals surface area contributed by atoms with E-state index in [4.69, 9.17) is 18.9 Å². The van der Waals surface area contributed by atoms with Crippen LogP contribution in [-0.2, 0) is 54.7 Å². The Morgan fingerprint density at radius 1 is 0.808 bits per heavy atom. The van der Waals surface area contributed by atoms with E-state index in [0.717, 1.165) is 38.5 Å². The molecule has 0 aromatic carbocycles. The average Bonchev–Trinajstić information content (AvgIpc) is 2.54. The van der Waals surface area contributed by atoms with E-state index in [2.05, 4.69) is 20.8 Å². The van der Waals surface area contributed by atoms with Gasteiger partial charge in [-0.3, -0.25) is 9.59 Å². The van der Waals surface area contributed by atoms with Crippen molar-refractivity contribution >= 4 is 11.8 Å². The van der Waals surface area contributed by atoms with Gasteiger partial charge in [0.2, 0.25) is 0 Å². The largest absolute Gasteiger partial charge is 0.454 e. The number of rotatable bonds is 16. The Morgan fingerprint density at radius 2 is 1.19 bits per heavy atom. The number of ether oxygens (including phenoxy) is 4. The fraction of sp³-hybridized carbons (Fsp3) is 0.895. The van der Waals surface area contributed by atoms with Crippen molar-refractivity contribution in [2.24, 2.45) is 0 Å². The molecule has 0 spiro atoms. The molecule has 0 saturated carbocycles. The number of hydrogen-bond donors (Lipinski definition) is 0. The molecular weight excluding hydrogens is 415 g/mol. The Hall–Kier alpha value is -0.0969. The van der Waals surface area contributed by atoms with Gasteiger partial charge in [-0.15, -0.1) is 0 Å². The van der Waals surface area contributed by atoms with Gasteiger partial charge in [-0.05, 0) is 26.2 Å². The Kier molecular flexibility index (Phi) is 18.4. The fourth-order valence-corrected chi connectivity index (χ4v) is 2.11. The van der Waals surface area contributed by atoms with Crippen molar-refractivity contribution in [2.75, 3.05) is 19.8 Å². The van der Waals surface area contributed by atoms with Crippen molar-refractivity contribution in [1.82, 2.24) is 0 Å². The molecule has 6 nitrogen and oxygen atoms in total. The van der Waals surface area contributed by atoms with Gasteiger partial charge in [0, 0.05) is 33.1 Å². The van der Waals surface area contributed by atoms with Crippen LogP contribution in [0, 0.1) is 0 Å². The third-order valence-electron chi connectivity index (χ3n) is 3.66. The summed E-state index contributed by atoms with van der Waals surface area (Å²) in [6.07, 6.45) is 4.58. The summed E-state index contributed by atoms with van der Waals surface area (Å²) in [6.45, 7) is 10.3. The molecule has 7 heteroatoms. The summed E-state index contributed by atoms with van der Waals surface area (Å²) in [7, 11) is 0. The summed E-state index contributed by atoms with van der Waals surface area (Å²) >= 11 is 0. The van der Waals surface area contributed by atoms with Crippen LogP contribution in [0.3, 0.4) is 0 Å². The van der Waals surface area contributed by atoms with Crippen molar-refractivity contribution in [3.63, 3.8) is 0 Å². The Labute approximate surface area is 177 Å². The smallest absolute Gasteiger partial charge is 0.303 e. The summed E-state index contributed by atoms with van der Waals surface area (Å²) in [5.41, 5.74) is 0. The molecule has 1 atom stereocenters. The van der Waals surface area contributed by atoms with E-state index in [0.29, 0.717) is 19.8 Å². The number of carbonyl (C=O) groups is 2. The molecule has 1 unspecified atom stereocenters. The molecule has 0 rings (SSSR count). The first-order valence-corrected chi connectivity index (χ1v) is 9.50. The number of unbranched alkanes of at least 4 members (excludes halogenated alkanes) is 3. The van der Waals surface area contributed by atoms with Crippen LogP contribution in [0.2, 0.25) is 0 Å². The molecule has 0 aliphatic carbocycles. The van der Waals surface area contributed by atoms with Gasteiger partial charge in [0.25, 0.3) is 5.97 Å². The van der Waals surface area contributed by atoms with Crippen LogP contribution in [-0.4, -0.2) is 43.7 Å². The number of hydrogen-bond acceptors (Lipinski definition) is 6. The molecule has 0 aliphatic rings. The first kappa shape index (κ1) is 28.1. The van der Waals surface area contributed by atoms with Gasteiger partial charge in [0.15, 0.2) is 11.9 Å². The molecule has 0 heterocycles. The van der Waals surface area contributed by atoms with E-state index in [9.17, 15) is 9.59 Å². The normalized spacial score (nSPS) is 12.3. The molecule has 0 N–H and O–H groups in total. The van der Waals surface area contributed by atoms with Crippen molar-refractivity contribution in [3.05, 3.63) is 0 Å². The predicted molar refractivity (Wildman–Crippen MR) is 96.2 cm³/mol. The van der Waals surface area contributed by atoms with Crippen LogP contribution in [0.25, 0.3) is 0 Å². The maximum atomic E-state index is 11.9. The molecule has 0 aromatic rings. The van der Waals surface area contributed by atoms with E-state index in [1.807, 2.05) is 0 Å². The molecule has 0 saturated heterocycles. The molecule has 0 fully saturated rings. The van der Waals surface area contributed by atoms with Crippen LogP contribution in [0.15, 0.2) is 0 Å². The van der Waals surface area contributed by atoms with Crippen LogP contribution in [0.4, 0.5) is 0 Å². The maximum Gasteiger partial charge on any atom is 0.303 e. The van der Waals surface area contributed by atoms with Gasteiger partial charge in [0.05, 0.1) is 26.2 Å². The second-order valence-electron chi connectivity index (χ2n) is 6.20. The van der Waals surface area contributed by atoms with Crippen molar-refractivity contribution in [3.8, 4) is 0 Å². The minimum atomic E-state index is -1.36. The van der Waals surface area contributed by atoms with Crippen molar-refractivity contribution < 1.29 is 54.7 Å². The monoisotopic (exact) mass is 450 g/mol. The summed E-state index contributed by atoms with van der Waals surface area (Å²) in [4.78, 5) is 23.2. The number of ketones is 1. The van der Waals surface area contributed by atoms with Crippen molar-refractivity contribution in [2.45, 2.75) is 91.6 Å². The number of carbonyl (C=O) groups excluding carboxylic acids is 2. The third kappa shape index (κ3) is 13.1. The summed E-state index contributed by atoms with van der Waals surface area (Å²) < 4.78 is 23.0. The first-order chi connectivity index (χ1) is 11.9. The van der Waals surface area contributed by atoms with Crippen molar-refractivity contribution in [1.29, 1.82) is 0 Å². The molecule has 26 heavy (non-hydrogen) atoms. The average molecular weight is 452 g/mol. The zero-order valence-corrected chi connectivity index (χ0v) is 19.6. The zero-order chi connectivity index (χ0) is 19.1. The molecule has 0 aromatic heterocycles. The van der Waals surface area contributed by atoms with Crippen LogP contribution >= 0.6 is 0 Å². The zero-order valence-electron chi connectivity index (χ0n) is 17.1. The quantitative estimate of drug-likeness (QED) is 0.201. The summed E-state index contributed by atoms with van der Waals surface area (Å²) in [5.74, 6) is -2.12. The second-order valence-corrected chi connectivity index (χ2v) is 6.20. The van der Waals surface area contributed by atoms with E-state index in [1.165, 1.54) is 13.8 Å². The Morgan fingerprint density at radius 3 is 1.46 bits per heavy atom. The number of Topliss-reactive ketones (excluding diaryl/α,β-unsaturated/α-hetero) is 1. The van der Waals surface area contributed by atoms with E-state index in [-0.39, 0.29) is 38.4 Å². The van der Waals surface area contributed by atoms with E-state index < -0.39 is 18.0 Å². The van der Waals surface area contributed by atoms with Gasteiger partial charge in [-0.25, -0.2) is 0 Å². The van der Waals surface area contributed by atoms with Gasteiger partial charge in [0.1, 0.15) is 0 Å². The van der Waals surface area contributed by atoms with Gasteiger partial charge < -0.3 is 18.9 Å². The van der Waals surface area contributed by atoms with E-state index in [1.54, 1.807) is 0 Å². The second kappa shape index (κ2) is 17.0. The first-order valence-electron chi connectivity index (χ1n) is 9.50. The SMILES string of the molecule is CCCCOC(CC(OC(C)=O)C(C)=O)(OCCCC)OCCCC.[Zr]. The van der Waals surface area contributed by atoms with Gasteiger partial charge in [-0.1, -0.05) is 40.0 Å². The molecule has 0 radical (unpaired) electrons. The standard InChI is InChI=1S/C19H36O6.Zr/c1-6-9-12-22-19(23-13-10-7-2,24-14-11-8-3)15-18(16(4)20)25-17(5)21;/h18H,6-15H2,1-5H3;. The fourth-order valence-electron chi connectivity index (χ4n) is 2.11. The topological polar surface area (TPSA) is 71.1 Å². The van der Waals surface area contributed by atoms with Crippen LogP contribution in [0.1, 0.15) is 79.6 Å². The molecular formula is C19H36O6Zr. The van der Waals surface area contributed by atoms with Crippen LogP contribution < -0.4 is 0 Å². The predicted octanol–water partition coefficient (Wildman–Crippen LogP) is 4.00. The third-order valence-corrected chi connectivity index (χ3v) is 3.66. The van der Waals surface area contributed by atoms with Crippen LogP contribution in [0.5, 0.6) is 0 Å². The molecule has 0 aliphatic heterocycles. The molecule has 0 bridgehead atoms. The Balaban J connectivity index is 0. The molecule has 0 amide bonds.